The molecule has 1 heterocycles. The second-order valence-corrected chi connectivity index (χ2v) is 5.23. The Hall–Kier alpha value is -1.73. The number of hydrogen-bond donors (Lipinski definition) is 1. The molecule has 1 aromatic heterocycles. The molecule has 21 heavy (non-hydrogen) atoms. The van der Waals surface area contributed by atoms with Crippen molar-refractivity contribution in [2.45, 2.75) is 44.8 Å². The maximum atomic E-state index is 12.7. The number of carbonyl (C=O) groups excluding carboxylic acids is 1. The summed E-state index contributed by atoms with van der Waals surface area (Å²) in [5.74, 6) is -1.07. The van der Waals surface area contributed by atoms with E-state index in [0.29, 0.717) is 18.6 Å². The van der Waals surface area contributed by atoms with E-state index in [1.54, 1.807) is 6.92 Å². The second-order valence-electron chi connectivity index (χ2n) is 5.23. The SMILES string of the molecule is Cc1cc(OCC(=O)N[C@H]2CCC[C@H](C(F)(F)F)C2)no1. The van der Waals surface area contributed by atoms with Crippen molar-refractivity contribution in [1.82, 2.24) is 10.5 Å². The van der Waals surface area contributed by atoms with Crippen LogP contribution in [-0.2, 0) is 4.79 Å². The van der Waals surface area contributed by atoms with Crippen LogP contribution in [-0.4, -0.2) is 29.9 Å². The van der Waals surface area contributed by atoms with Crippen LogP contribution in [0.15, 0.2) is 10.6 Å². The number of alkyl halides is 3. The molecule has 0 bridgehead atoms. The number of amides is 1. The number of halogens is 3. The van der Waals surface area contributed by atoms with Crippen LogP contribution in [0.25, 0.3) is 0 Å². The summed E-state index contributed by atoms with van der Waals surface area (Å²) < 4.78 is 47.9. The maximum absolute atomic E-state index is 12.7. The van der Waals surface area contributed by atoms with Gasteiger partial charge < -0.3 is 14.6 Å². The zero-order chi connectivity index (χ0) is 15.5. The fraction of sp³-hybridized carbons (Fsp3) is 0.692. The Morgan fingerprint density at radius 1 is 1.52 bits per heavy atom. The van der Waals surface area contributed by atoms with E-state index in [4.69, 9.17) is 9.26 Å². The molecule has 118 valence electrons. The number of aromatic nitrogens is 1. The second kappa shape index (κ2) is 6.36. The van der Waals surface area contributed by atoms with E-state index in [9.17, 15) is 18.0 Å². The predicted octanol–water partition coefficient (Wildman–Crippen LogP) is 2.60. The Kier molecular flexibility index (Phi) is 4.74. The summed E-state index contributed by atoms with van der Waals surface area (Å²) in [4.78, 5) is 11.7. The number of hydrogen-bond acceptors (Lipinski definition) is 4. The van der Waals surface area contributed by atoms with Gasteiger partial charge in [0.05, 0.1) is 5.92 Å². The van der Waals surface area contributed by atoms with Crippen molar-refractivity contribution in [2.24, 2.45) is 5.92 Å². The maximum Gasteiger partial charge on any atom is 0.391 e. The van der Waals surface area contributed by atoms with Gasteiger partial charge in [0.15, 0.2) is 6.61 Å². The Labute approximate surface area is 119 Å². The smallest absolute Gasteiger partial charge is 0.391 e. The molecule has 0 spiro atoms. The minimum Gasteiger partial charge on any atom is -0.465 e. The molecule has 1 aromatic rings. The lowest BCUT2D eigenvalue weighted by molar-refractivity contribution is -0.184. The van der Waals surface area contributed by atoms with Gasteiger partial charge in [-0.3, -0.25) is 4.79 Å². The first-order chi connectivity index (χ1) is 9.84. The van der Waals surface area contributed by atoms with Gasteiger partial charge >= 0.3 is 6.18 Å². The zero-order valence-corrected chi connectivity index (χ0v) is 11.6. The van der Waals surface area contributed by atoms with E-state index in [2.05, 4.69) is 10.5 Å². The standard InChI is InChI=1S/C13H17F3N2O3/c1-8-5-12(18-21-8)20-7-11(19)17-10-4-2-3-9(6-10)13(14,15)16/h5,9-10H,2-4,6-7H2,1H3,(H,17,19)/t9-,10-/m0/s1. The molecular formula is C13H17F3N2O3. The molecule has 1 fully saturated rings. The zero-order valence-electron chi connectivity index (χ0n) is 11.6. The van der Waals surface area contributed by atoms with Crippen molar-refractivity contribution in [1.29, 1.82) is 0 Å². The summed E-state index contributed by atoms with van der Waals surface area (Å²) >= 11 is 0. The molecule has 0 saturated heterocycles. The molecule has 2 rings (SSSR count). The summed E-state index contributed by atoms with van der Waals surface area (Å²) in [5.41, 5.74) is 0. The highest BCUT2D eigenvalue weighted by molar-refractivity contribution is 5.77. The number of rotatable bonds is 4. The number of nitrogens with one attached hydrogen (secondary N) is 1. The predicted molar refractivity (Wildman–Crippen MR) is 66.7 cm³/mol. The molecule has 0 radical (unpaired) electrons. The highest BCUT2D eigenvalue weighted by atomic mass is 19.4. The summed E-state index contributed by atoms with van der Waals surface area (Å²) in [5, 5.41) is 6.13. The Morgan fingerprint density at radius 3 is 2.90 bits per heavy atom. The topological polar surface area (TPSA) is 64.4 Å². The van der Waals surface area contributed by atoms with Gasteiger partial charge in [0.2, 0.25) is 0 Å². The van der Waals surface area contributed by atoms with Gasteiger partial charge in [-0.1, -0.05) is 6.42 Å². The fourth-order valence-electron chi connectivity index (χ4n) is 2.44. The molecule has 1 aliphatic rings. The quantitative estimate of drug-likeness (QED) is 0.928. The first kappa shape index (κ1) is 15.7. The van der Waals surface area contributed by atoms with E-state index in [1.807, 2.05) is 0 Å². The summed E-state index contributed by atoms with van der Waals surface area (Å²) in [6, 6.07) is 1.06. The van der Waals surface area contributed by atoms with Crippen LogP contribution in [0.3, 0.4) is 0 Å². The van der Waals surface area contributed by atoms with E-state index in [0.717, 1.165) is 0 Å². The van der Waals surface area contributed by atoms with Crippen LogP contribution in [0.5, 0.6) is 5.88 Å². The molecule has 0 unspecified atom stereocenters. The lowest BCUT2D eigenvalue weighted by Gasteiger charge is -2.30. The number of nitrogens with zero attached hydrogens (tertiary/aromatic N) is 1. The minimum atomic E-state index is -4.20. The molecule has 1 amide bonds. The Balaban J connectivity index is 1.77. The lowest BCUT2D eigenvalue weighted by atomic mass is 9.85. The van der Waals surface area contributed by atoms with Crippen molar-refractivity contribution < 1.29 is 27.2 Å². The first-order valence-electron chi connectivity index (χ1n) is 6.77. The molecule has 8 heteroatoms. The summed E-state index contributed by atoms with van der Waals surface area (Å²) in [6.45, 7) is 1.39. The van der Waals surface area contributed by atoms with Gasteiger partial charge in [-0.25, -0.2) is 0 Å². The van der Waals surface area contributed by atoms with Crippen LogP contribution in [0, 0.1) is 12.8 Å². The van der Waals surface area contributed by atoms with Crippen LogP contribution >= 0.6 is 0 Å². The number of carbonyl (C=O) groups is 1. The van der Waals surface area contributed by atoms with Gasteiger partial charge in [-0.15, -0.1) is 0 Å². The Bertz CT molecular complexity index is 487. The monoisotopic (exact) mass is 306 g/mol. The van der Waals surface area contributed by atoms with Gasteiger partial charge in [0.1, 0.15) is 5.76 Å². The van der Waals surface area contributed by atoms with Gasteiger partial charge in [0, 0.05) is 12.1 Å². The van der Waals surface area contributed by atoms with Gasteiger partial charge in [-0.05, 0) is 31.3 Å². The highest BCUT2D eigenvalue weighted by Gasteiger charge is 2.42. The van der Waals surface area contributed by atoms with Crippen molar-refractivity contribution in [3.8, 4) is 5.88 Å². The molecule has 2 atom stereocenters. The van der Waals surface area contributed by atoms with Crippen LogP contribution in [0.4, 0.5) is 13.2 Å². The molecule has 1 N–H and O–H groups in total. The summed E-state index contributed by atoms with van der Waals surface area (Å²) in [7, 11) is 0. The minimum absolute atomic E-state index is 0.0711. The average Bonchev–Trinajstić information content (AvgIpc) is 2.82. The Morgan fingerprint density at radius 2 is 2.29 bits per heavy atom. The van der Waals surface area contributed by atoms with Crippen molar-refractivity contribution in [3.63, 3.8) is 0 Å². The van der Waals surface area contributed by atoms with E-state index < -0.39 is 24.0 Å². The van der Waals surface area contributed by atoms with Crippen LogP contribution in [0.2, 0.25) is 0 Å². The number of aryl methyl sites for hydroxylation is 1. The van der Waals surface area contributed by atoms with Crippen molar-refractivity contribution in [2.75, 3.05) is 6.61 Å². The first-order valence-corrected chi connectivity index (χ1v) is 6.77. The molecular weight excluding hydrogens is 289 g/mol. The van der Waals surface area contributed by atoms with E-state index in [1.165, 1.54) is 6.07 Å². The molecule has 1 saturated carbocycles. The largest absolute Gasteiger partial charge is 0.465 e. The normalized spacial score (nSPS) is 22.9. The third-order valence-corrected chi connectivity index (χ3v) is 3.46. The fourth-order valence-corrected chi connectivity index (χ4v) is 2.44. The van der Waals surface area contributed by atoms with Crippen LogP contribution < -0.4 is 10.1 Å². The number of ether oxygens (including phenoxy) is 1. The summed E-state index contributed by atoms with van der Waals surface area (Å²) in [6.07, 6.45) is -3.12. The molecule has 0 aromatic carbocycles. The highest BCUT2D eigenvalue weighted by Crippen LogP contribution is 2.37. The van der Waals surface area contributed by atoms with E-state index >= 15 is 0 Å². The molecule has 0 aliphatic heterocycles. The third-order valence-electron chi connectivity index (χ3n) is 3.46. The van der Waals surface area contributed by atoms with Crippen LogP contribution in [0.1, 0.15) is 31.4 Å². The van der Waals surface area contributed by atoms with Gasteiger partial charge in [-0.2, -0.15) is 13.2 Å². The van der Waals surface area contributed by atoms with Crippen molar-refractivity contribution >= 4 is 5.91 Å². The molecule has 1 aliphatic carbocycles. The van der Waals surface area contributed by atoms with Crippen molar-refractivity contribution in [3.05, 3.63) is 11.8 Å². The lowest BCUT2D eigenvalue weighted by Crippen LogP contribution is -2.43. The van der Waals surface area contributed by atoms with Gasteiger partial charge in [0.25, 0.3) is 11.8 Å². The third kappa shape index (κ3) is 4.64. The van der Waals surface area contributed by atoms with E-state index in [-0.39, 0.29) is 25.3 Å². The molecule has 5 nitrogen and oxygen atoms in total. The average molecular weight is 306 g/mol.